The maximum Gasteiger partial charge on any atom is 0.0833 e. The Morgan fingerprint density at radius 3 is 2.79 bits per heavy atom. The van der Waals surface area contributed by atoms with Gasteiger partial charge in [0.2, 0.25) is 0 Å². The lowest BCUT2D eigenvalue weighted by Crippen LogP contribution is -1.92. The maximum absolute atomic E-state index is 9.08. The molecule has 0 aliphatic heterocycles. The lowest BCUT2D eigenvalue weighted by Gasteiger charge is -2.12. The van der Waals surface area contributed by atoms with E-state index in [-0.39, 0.29) is 0 Å². The van der Waals surface area contributed by atoms with Gasteiger partial charge in [-0.1, -0.05) is 42.5 Å². The van der Waals surface area contributed by atoms with Crippen LogP contribution in [0.3, 0.4) is 0 Å². The molecule has 1 N–H and O–H groups in total. The molecule has 0 amide bonds. The van der Waals surface area contributed by atoms with E-state index in [1.54, 1.807) is 0 Å². The molecule has 14 heavy (non-hydrogen) atoms. The van der Waals surface area contributed by atoms with Crippen molar-refractivity contribution in [1.82, 2.24) is 0 Å². The SMILES string of the molecule is OC=C1CC=CC=C1c1cc[c]cc1. The molecular weight excluding hydrogens is 172 g/mol. The normalized spacial score (nSPS) is 18.3. The van der Waals surface area contributed by atoms with Crippen LogP contribution in [0.2, 0.25) is 0 Å². The number of allylic oxidation sites excluding steroid dienone is 5. The van der Waals surface area contributed by atoms with Crippen molar-refractivity contribution in [3.05, 3.63) is 66.0 Å². The van der Waals surface area contributed by atoms with Crippen LogP contribution in [0, 0.1) is 6.07 Å². The van der Waals surface area contributed by atoms with E-state index in [1.807, 2.05) is 42.5 Å². The molecule has 1 nitrogen and oxygen atoms in total. The molecule has 1 aromatic carbocycles. The summed E-state index contributed by atoms with van der Waals surface area (Å²) in [6.45, 7) is 0. The van der Waals surface area contributed by atoms with Crippen molar-refractivity contribution in [2.75, 3.05) is 0 Å². The Labute approximate surface area is 83.7 Å². The Hall–Kier alpha value is -1.76. The smallest absolute Gasteiger partial charge is 0.0833 e. The summed E-state index contributed by atoms with van der Waals surface area (Å²) in [5.74, 6) is 0. The predicted molar refractivity (Wildman–Crippen MR) is 57.7 cm³/mol. The average molecular weight is 183 g/mol. The summed E-state index contributed by atoms with van der Waals surface area (Å²) in [5.41, 5.74) is 3.16. The van der Waals surface area contributed by atoms with E-state index in [2.05, 4.69) is 6.07 Å². The van der Waals surface area contributed by atoms with Crippen LogP contribution in [-0.2, 0) is 0 Å². The van der Waals surface area contributed by atoms with Gasteiger partial charge in [-0.25, -0.2) is 0 Å². The first kappa shape index (κ1) is 8.82. The first-order valence-electron chi connectivity index (χ1n) is 4.59. The number of aliphatic hydroxyl groups is 1. The van der Waals surface area contributed by atoms with E-state index >= 15 is 0 Å². The summed E-state index contributed by atoms with van der Waals surface area (Å²) in [6, 6.07) is 10.7. The molecule has 0 saturated carbocycles. The van der Waals surface area contributed by atoms with Gasteiger partial charge in [0.15, 0.2) is 0 Å². The Balaban J connectivity index is 2.43. The van der Waals surface area contributed by atoms with E-state index in [9.17, 15) is 0 Å². The first-order valence-corrected chi connectivity index (χ1v) is 4.59. The van der Waals surface area contributed by atoms with Gasteiger partial charge >= 0.3 is 0 Å². The quantitative estimate of drug-likeness (QED) is 0.662. The Bertz CT molecular complexity index is 397. The Morgan fingerprint density at radius 1 is 1.29 bits per heavy atom. The third-order valence-electron chi connectivity index (χ3n) is 2.27. The minimum Gasteiger partial charge on any atom is -0.515 e. The van der Waals surface area contributed by atoms with Gasteiger partial charge in [-0.15, -0.1) is 0 Å². The van der Waals surface area contributed by atoms with E-state index in [4.69, 9.17) is 5.11 Å². The molecule has 0 saturated heterocycles. The van der Waals surface area contributed by atoms with Crippen molar-refractivity contribution in [3.8, 4) is 0 Å². The van der Waals surface area contributed by atoms with Crippen molar-refractivity contribution in [2.24, 2.45) is 0 Å². The molecule has 0 heterocycles. The van der Waals surface area contributed by atoms with Crippen molar-refractivity contribution in [1.29, 1.82) is 0 Å². The highest BCUT2D eigenvalue weighted by Gasteiger charge is 2.08. The van der Waals surface area contributed by atoms with Gasteiger partial charge in [-0.05, 0) is 29.2 Å². The second kappa shape index (κ2) is 3.97. The highest BCUT2D eigenvalue weighted by molar-refractivity contribution is 5.81. The van der Waals surface area contributed by atoms with Crippen LogP contribution in [0.1, 0.15) is 12.0 Å². The van der Waals surface area contributed by atoms with E-state index in [0.717, 1.165) is 23.1 Å². The predicted octanol–water partition coefficient (Wildman–Crippen LogP) is 3.27. The zero-order valence-corrected chi connectivity index (χ0v) is 7.77. The van der Waals surface area contributed by atoms with Crippen LogP contribution in [0.15, 0.2) is 54.3 Å². The zero-order valence-electron chi connectivity index (χ0n) is 7.77. The van der Waals surface area contributed by atoms with Crippen LogP contribution >= 0.6 is 0 Å². The lowest BCUT2D eigenvalue weighted by molar-refractivity contribution is 0.468. The van der Waals surface area contributed by atoms with E-state index in [1.165, 1.54) is 6.26 Å². The molecule has 0 unspecified atom stereocenters. The fourth-order valence-electron chi connectivity index (χ4n) is 1.55. The van der Waals surface area contributed by atoms with Crippen molar-refractivity contribution >= 4 is 5.57 Å². The Kier molecular flexibility index (Phi) is 2.50. The number of benzene rings is 1. The molecule has 1 aliphatic carbocycles. The fourth-order valence-corrected chi connectivity index (χ4v) is 1.55. The summed E-state index contributed by atoms with van der Waals surface area (Å²) in [7, 11) is 0. The van der Waals surface area contributed by atoms with Gasteiger partial charge in [0.25, 0.3) is 0 Å². The molecule has 1 heteroatoms. The molecule has 2 rings (SSSR count). The highest BCUT2D eigenvalue weighted by Crippen LogP contribution is 2.27. The van der Waals surface area contributed by atoms with Crippen LogP contribution < -0.4 is 0 Å². The summed E-state index contributed by atoms with van der Waals surface area (Å²) in [6.07, 6.45) is 8.04. The van der Waals surface area contributed by atoms with Crippen molar-refractivity contribution < 1.29 is 5.11 Å². The Morgan fingerprint density at radius 2 is 2.07 bits per heavy atom. The largest absolute Gasteiger partial charge is 0.515 e. The second-order valence-corrected chi connectivity index (χ2v) is 3.16. The van der Waals surface area contributed by atoms with Gasteiger partial charge in [0.1, 0.15) is 0 Å². The average Bonchev–Trinajstić information content (AvgIpc) is 2.30. The van der Waals surface area contributed by atoms with Crippen LogP contribution in [0.25, 0.3) is 5.57 Å². The highest BCUT2D eigenvalue weighted by atomic mass is 16.2. The number of hydrogen-bond donors (Lipinski definition) is 1. The molecule has 0 atom stereocenters. The number of hydrogen-bond acceptors (Lipinski definition) is 1. The third-order valence-corrected chi connectivity index (χ3v) is 2.27. The summed E-state index contributed by atoms with van der Waals surface area (Å²) >= 11 is 0. The summed E-state index contributed by atoms with van der Waals surface area (Å²) < 4.78 is 0. The fraction of sp³-hybridized carbons (Fsp3) is 0.0769. The number of aliphatic hydroxyl groups excluding tert-OH is 1. The van der Waals surface area contributed by atoms with Gasteiger partial charge in [-0.2, -0.15) is 0 Å². The topological polar surface area (TPSA) is 20.2 Å². The second-order valence-electron chi connectivity index (χ2n) is 3.16. The van der Waals surface area contributed by atoms with E-state index < -0.39 is 0 Å². The van der Waals surface area contributed by atoms with Gasteiger partial charge < -0.3 is 5.11 Å². The van der Waals surface area contributed by atoms with Crippen LogP contribution in [0.4, 0.5) is 0 Å². The van der Waals surface area contributed by atoms with Crippen molar-refractivity contribution in [3.63, 3.8) is 0 Å². The van der Waals surface area contributed by atoms with Gasteiger partial charge in [0, 0.05) is 0 Å². The zero-order chi connectivity index (χ0) is 9.80. The maximum atomic E-state index is 9.08. The minimum atomic E-state index is 0.793. The van der Waals surface area contributed by atoms with E-state index in [0.29, 0.717) is 0 Å². The first-order chi connectivity index (χ1) is 6.92. The summed E-state index contributed by atoms with van der Waals surface area (Å²) in [4.78, 5) is 0. The standard InChI is InChI=1S/C13H11O/c14-10-12-8-4-5-9-13(12)11-6-2-1-3-7-11/h2-7,9-10,14H,8H2. The van der Waals surface area contributed by atoms with Gasteiger partial charge in [0.05, 0.1) is 6.26 Å². The van der Waals surface area contributed by atoms with Crippen LogP contribution in [0.5, 0.6) is 0 Å². The van der Waals surface area contributed by atoms with Gasteiger partial charge in [-0.3, -0.25) is 0 Å². The lowest BCUT2D eigenvalue weighted by atomic mass is 9.93. The molecule has 1 radical (unpaired) electrons. The molecule has 69 valence electrons. The number of rotatable bonds is 1. The molecule has 0 spiro atoms. The monoisotopic (exact) mass is 183 g/mol. The van der Waals surface area contributed by atoms with Crippen molar-refractivity contribution in [2.45, 2.75) is 6.42 Å². The third kappa shape index (κ3) is 1.62. The molecule has 0 aromatic heterocycles. The molecule has 1 aliphatic rings. The summed E-state index contributed by atoms with van der Waals surface area (Å²) in [5, 5.41) is 9.08. The molecule has 0 bridgehead atoms. The minimum absolute atomic E-state index is 0.793. The van der Waals surface area contributed by atoms with Crippen LogP contribution in [-0.4, -0.2) is 5.11 Å². The molecule has 1 aromatic rings. The molecular formula is C13H11O. The molecule has 0 fully saturated rings.